The van der Waals surface area contributed by atoms with E-state index in [0.717, 1.165) is 49.3 Å². The number of nitrogens with zero attached hydrogens (tertiary/aromatic N) is 4. The third kappa shape index (κ3) is 5.46. The van der Waals surface area contributed by atoms with Crippen molar-refractivity contribution in [1.82, 2.24) is 19.1 Å². The predicted octanol–water partition coefficient (Wildman–Crippen LogP) is 12.2. The fraction of sp³-hybridized carbons (Fsp3) is 0.0588. The molecule has 3 aromatic heterocycles. The van der Waals surface area contributed by atoms with Crippen LogP contribution in [0.5, 0.6) is 0 Å². The van der Waals surface area contributed by atoms with Gasteiger partial charge in [0.25, 0.3) is 0 Å². The van der Waals surface area contributed by atoms with Crippen molar-refractivity contribution in [3.05, 3.63) is 222 Å². The zero-order chi connectivity index (χ0) is 38.1. The molecule has 0 aliphatic carbocycles. The number of benzene rings is 7. The van der Waals surface area contributed by atoms with E-state index < -0.39 is 11.6 Å². The molecule has 280 valence electrons. The summed E-state index contributed by atoms with van der Waals surface area (Å²) in [6.07, 6.45) is 0.558. The molecule has 7 heteroatoms. The van der Waals surface area contributed by atoms with Crippen LogP contribution in [0.2, 0.25) is 0 Å². The third-order valence-corrected chi connectivity index (χ3v) is 12.5. The number of rotatable bonds is 6. The van der Waals surface area contributed by atoms with E-state index in [1.165, 1.54) is 27.1 Å². The Balaban J connectivity index is 0.00000408. The molecule has 7 aromatic carbocycles. The van der Waals surface area contributed by atoms with Crippen LogP contribution in [-0.4, -0.2) is 19.1 Å². The molecule has 0 fully saturated rings. The van der Waals surface area contributed by atoms with Crippen molar-refractivity contribution in [1.29, 1.82) is 0 Å². The van der Waals surface area contributed by atoms with E-state index in [-0.39, 0.29) is 20.4 Å². The second-order valence-corrected chi connectivity index (χ2v) is 15.6. The molecule has 58 heavy (non-hydrogen) atoms. The van der Waals surface area contributed by atoms with Crippen molar-refractivity contribution in [2.45, 2.75) is 21.4 Å². The Kier molecular flexibility index (Phi) is 8.99. The Morgan fingerprint density at radius 2 is 1.28 bits per heavy atom. The van der Waals surface area contributed by atoms with E-state index in [9.17, 15) is 0 Å². The molecule has 1 atom stereocenters. The van der Waals surface area contributed by atoms with E-state index in [0.29, 0.717) is 16.8 Å². The molecule has 11 rings (SSSR count). The number of aromatic nitrogens is 4. The zero-order valence-corrected chi connectivity index (χ0v) is 33.6. The van der Waals surface area contributed by atoms with Crippen molar-refractivity contribution >= 4 is 44.7 Å². The molecule has 0 spiro atoms. The molecule has 0 saturated heterocycles. The van der Waals surface area contributed by atoms with Gasteiger partial charge in [0.2, 0.25) is 0 Å². The molecule has 4 heterocycles. The third-order valence-electron chi connectivity index (χ3n) is 11.4. The van der Waals surface area contributed by atoms with E-state index in [4.69, 9.17) is 9.97 Å². The molecular formula is C51H33FN4PdS. The summed E-state index contributed by atoms with van der Waals surface area (Å²) < 4.78 is 21.0. The topological polar surface area (TPSA) is 35.6 Å². The summed E-state index contributed by atoms with van der Waals surface area (Å²) in [6, 6.07) is 65.0. The van der Waals surface area contributed by atoms with Crippen molar-refractivity contribution < 1.29 is 24.8 Å². The van der Waals surface area contributed by atoms with E-state index in [1.54, 1.807) is 23.9 Å². The smallest absolute Gasteiger partial charge is 0.367 e. The van der Waals surface area contributed by atoms with Gasteiger partial charge >= 0.3 is 20.4 Å². The summed E-state index contributed by atoms with van der Waals surface area (Å²) in [5, 5.41) is 2.14. The van der Waals surface area contributed by atoms with Gasteiger partial charge in [-0.2, -0.15) is 18.2 Å². The molecule has 0 bridgehead atoms. The molecule has 0 radical (unpaired) electrons. The van der Waals surface area contributed by atoms with Gasteiger partial charge in [-0.1, -0.05) is 132 Å². The summed E-state index contributed by atoms with van der Waals surface area (Å²) in [5.41, 5.74) is 10.1. The van der Waals surface area contributed by atoms with Crippen molar-refractivity contribution in [2.75, 3.05) is 0 Å². The number of aryl methyl sites for hydroxylation is 1. The second-order valence-electron chi connectivity index (χ2n) is 14.5. The average molecular weight is 859 g/mol. The number of pyridine rings is 1. The molecule has 4 nitrogen and oxygen atoms in total. The standard InChI is InChI=1S/C51H33FN4S.Pd/c1-55-43-28-12-10-26-41(43)54-49(55)35-18-14-16-33(30-35)48(52)34-17-15-23-38(31-34)56-42-27-11-8-24-39(42)46-47-45(32-53-50(46)56)57-44-29-13-9-25-40(44)51(47,36-19-4-2-5-20-36)37-21-6-3-7-22-37;/h2-29,32,48H,1H3;/q-2;+2. The van der Waals surface area contributed by atoms with Crippen molar-refractivity contribution in [2.24, 2.45) is 7.05 Å². The van der Waals surface area contributed by atoms with Crippen molar-refractivity contribution in [3.63, 3.8) is 0 Å². The zero-order valence-electron chi connectivity index (χ0n) is 31.2. The Morgan fingerprint density at radius 3 is 2.03 bits per heavy atom. The molecular weight excluding hydrogens is 826 g/mol. The molecule has 0 saturated carbocycles. The Labute approximate surface area is 353 Å². The largest absolute Gasteiger partial charge is 2.00 e. The minimum atomic E-state index is -1.47. The average Bonchev–Trinajstić information content (AvgIpc) is 3.80. The summed E-state index contributed by atoms with van der Waals surface area (Å²) in [7, 11) is 1.98. The molecule has 10 aromatic rings. The van der Waals surface area contributed by atoms with Crippen LogP contribution in [0.1, 0.15) is 39.6 Å². The van der Waals surface area contributed by atoms with Crippen LogP contribution in [0.4, 0.5) is 4.39 Å². The van der Waals surface area contributed by atoms with Crippen LogP contribution in [0.3, 0.4) is 0 Å². The van der Waals surface area contributed by atoms with Gasteiger partial charge in [-0.05, 0) is 46.5 Å². The van der Waals surface area contributed by atoms with E-state index >= 15 is 4.39 Å². The van der Waals surface area contributed by atoms with Crippen LogP contribution in [0, 0.1) is 12.1 Å². The normalized spacial score (nSPS) is 13.6. The summed E-state index contributed by atoms with van der Waals surface area (Å²) in [6.45, 7) is 0. The number of hydrogen-bond donors (Lipinski definition) is 0. The fourth-order valence-corrected chi connectivity index (χ4v) is 10.1. The summed E-state index contributed by atoms with van der Waals surface area (Å²) in [5.74, 6) is 0.741. The summed E-state index contributed by atoms with van der Waals surface area (Å²) >= 11 is 1.77. The first-order valence-electron chi connectivity index (χ1n) is 19.0. The number of halogens is 1. The second kappa shape index (κ2) is 14.4. The first kappa shape index (κ1) is 36.3. The molecule has 1 aliphatic heterocycles. The monoisotopic (exact) mass is 858 g/mol. The molecule has 0 N–H and O–H groups in total. The van der Waals surface area contributed by atoms with Gasteiger partial charge in [-0.3, -0.25) is 4.98 Å². The maximum absolute atomic E-state index is 16.8. The Hall–Kier alpha value is -6.10. The molecule has 0 amide bonds. The number of hydrogen-bond acceptors (Lipinski definition) is 3. The van der Waals surface area contributed by atoms with Crippen molar-refractivity contribution in [3.8, 4) is 17.1 Å². The Bertz CT molecular complexity index is 3120. The van der Waals surface area contributed by atoms with E-state index in [2.05, 4.69) is 126 Å². The molecule has 1 unspecified atom stereocenters. The van der Waals surface area contributed by atoms with Crippen LogP contribution in [0.25, 0.3) is 50.0 Å². The van der Waals surface area contributed by atoms with Crippen LogP contribution < -0.4 is 0 Å². The fourth-order valence-electron chi connectivity index (χ4n) is 8.93. The van der Waals surface area contributed by atoms with Crippen LogP contribution >= 0.6 is 11.8 Å². The number of fused-ring (bicyclic) bond motifs is 7. The predicted molar refractivity (Wildman–Crippen MR) is 228 cm³/mol. The first-order valence-corrected chi connectivity index (χ1v) is 19.8. The first-order chi connectivity index (χ1) is 28.1. The van der Waals surface area contributed by atoms with Gasteiger partial charge in [0.15, 0.2) is 0 Å². The van der Waals surface area contributed by atoms with Gasteiger partial charge in [0.1, 0.15) is 11.8 Å². The number of imidazole rings is 1. The Morgan fingerprint density at radius 1 is 0.638 bits per heavy atom. The maximum atomic E-state index is 16.8. The van der Waals surface area contributed by atoms with Gasteiger partial charge in [0.05, 0.1) is 27.8 Å². The minimum Gasteiger partial charge on any atom is -0.367 e. The number of alkyl halides is 1. The summed E-state index contributed by atoms with van der Waals surface area (Å²) in [4.78, 5) is 12.4. The van der Waals surface area contributed by atoms with Crippen LogP contribution in [-0.2, 0) is 32.9 Å². The number of para-hydroxylation sites is 3. The maximum Gasteiger partial charge on any atom is 2.00 e. The van der Waals surface area contributed by atoms with Gasteiger partial charge in [0, 0.05) is 33.8 Å². The quantitative estimate of drug-likeness (QED) is 0.123. The molecule has 1 aliphatic rings. The van der Waals surface area contributed by atoms with Gasteiger partial charge < -0.3 is 9.13 Å². The van der Waals surface area contributed by atoms with E-state index in [1.807, 2.05) is 66.3 Å². The van der Waals surface area contributed by atoms with Gasteiger partial charge in [-0.25, -0.2) is 9.37 Å². The van der Waals surface area contributed by atoms with Crippen LogP contribution in [0.15, 0.2) is 186 Å². The van der Waals surface area contributed by atoms with Gasteiger partial charge in [-0.15, -0.1) is 41.5 Å². The minimum absolute atomic E-state index is 0. The SMILES string of the molecule is Cn1c(-c2[c-]c(C(F)c3[c-]c(-n4c5ccccc5c5c6c(cnc54)Sc4ccccc4C6(c4ccccc4)c4ccccc4)ccc3)ccc2)nc2ccccc21.[Pd+2].